The van der Waals surface area contributed by atoms with Crippen LogP contribution in [0.25, 0.3) is 0 Å². The minimum atomic E-state index is -3.73. The lowest BCUT2D eigenvalue weighted by molar-refractivity contribution is 0.348. The Bertz CT molecular complexity index is 820. The largest absolute Gasteiger partial charge is 0.497 e. The summed E-state index contributed by atoms with van der Waals surface area (Å²) in [6, 6.07) is 11.3. The Morgan fingerprint density at radius 1 is 1.00 bits per heavy atom. The molecule has 24 heavy (non-hydrogen) atoms. The van der Waals surface area contributed by atoms with E-state index in [4.69, 9.17) is 14.2 Å². The third-order valence-electron chi connectivity index (χ3n) is 3.15. The van der Waals surface area contributed by atoms with E-state index in [0.717, 1.165) is 0 Å². The molecule has 0 aliphatic heterocycles. The molecule has 0 saturated carbocycles. The van der Waals surface area contributed by atoms with Crippen LogP contribution in [0, 0.1) is 0 Å². The summed E-state index contributed by atoms with van der Waals surface area (Å²) >= 11 is 0. The third kappa shape index (κ3) is 3.96. The van der Waals surface area contributed by atoms with E-state index in [0.29, 0.717) is 22.8 Å². The van der Waals surface area contributed by atoms with Gasteiger partial charge in [0.1, 0.15) is 5.75 Å². The van der Waals surface area contributed by atoms with Crippen molar-refractivity contribution in [3.05, 3.63) is 48.0 Å². The first kappa shape index (κ1) is 17.6. The fourth-order valence-electron chi connectivity index (χ4n) is 2.00. The Morgan fingerprint density at radius 3 is 2.29 bits per heavy atom. The molecule has 0 saturated heterocycles. The van der Waals surface area contributed by atoms with Crippen molar-refractivity contribution in [3.63, 3.8) is 0 Å². The zero-order valence-electron chi connectivity index (χ0n) is 13.5. The first-order valence-electron chi connectivity index (χ1n) is 6.91. The van der Waals surface area contributed by atoms with Gasteiger partial charge >= 0.3 is 0 Å². The summed E-state index contributed by atoms with van der Waals surface area (Å²) < 4.78 is 39.9. The van der Waals surface area contributed by atoms with Gasteiger partial charge in [-0.15, -0.1) is 0 Å². The molecule has 7 nitrogen and oxygen atoms in total. The van der Waals surface area contributed by atoms with Crippen LogP contribution in [0.2, 0.25) is 0 Å². The van der Waals surface area contributed by atoms with Crippen molar-refractivity contribution in [2.24, 2.45) is 5.10 Å². The monoisotopic (exact) mass is 350 g/mol. The summed E-state index contributed by atoms with van der Waals surface area (Å²) in [4.78, 5) is 2.28. The SMILES string of the molecule is COc1cc(/C=N\NS(=O)(=O)c2ccccc2)c(OC)c(OC)c1. The molecule has 0 spiro atoms. The van der Waals surface area contributed by atoms with Crippen LogP contribution in [0.4, 0.5) is 0 Å². The molecule has 8 heteroatoms. The van der Waals surface area contributed by atoms with Crippen LogP contribution in [0.3, 0.4) is 0 Å². The average molecular weight is 350 g/mol. The first-order valence-corrected chi connectivity index (χ1v) is 8.40. The Labute approximate surface area is 140 Å². The molecule has 0 atom stereocenters. The highest BCUT2D eigenvalue weighted by atomic mass is 32.2. The van der Waals surface area contributed by atoms with E-state index in [1.54, 1.807) is 30.3 Å². The molecule has 0 heterocycles. The molecule has 0 fully saturated rings. The number of hydrogen-bond donors (Lipinski definition) is 1. The second-order valence-corrected chi connectivity index (χ2v) is 6.28. The number of nitrogens with one attached hydrogen (secondary N) is 1. The zero-order chi connectivity index (χ0) is 17.6. The molecular weight excluding hydrogens is 332 g/mol. The first-order chi connectivity index (χ1) is 11.5. The van der Waals surface area contributed by atoms with Gasteiger partial charge in [-0.25, -0.2) is 4.83 Å². The van der Waals surface area contributed by atoms with Crippen molar-refractivity contribution in [2.75, 3.05) is 21.3 Å². The number of hydrazone groups is 1. The maximum absolute atomic E-state index is 12.1. The summed E-state index contributed by atoms with van der Waals surface area (Å²) in [6.45, 7) is 0. The van der Waals surface area contributed by atoms with Crippen molar-refractivity contribution in [2.45, 2.75) is 4.90 Å². The second-order valence-electron chi connectivity index (χ2n) is 4.62. The highest BCUT2D eigenvalue weighted by molar-refractivity contribution is 7.89. The van der Waals surface area contributed by atoms with Crippen molar-refractivity contribution >= 4 is 16.2 Å². The number of benzene rings is 2. The number of hydrogen-bond acceptors (Lipinski definition) is 6. The van der Waals surface area contributed by atoms with Crippen molar-refractivity contribution in [1.29, 1.82) is 0 Å². The van der Waals surface area contributed by atoms with Crippen LogP contribution >= 0.6 is 0 Å². The quantitative estimate of drug-likeness (QED) is 0.610. The summed E-state index contributed by atoms with van der Waals surface area (Å²) in [6.07, 6.45) is 1.32. The van der Waals surface area contributed by atoms with Crippen LogP contribution in [0.15, 0.2) is 52.5 Å². The molecular formula is C16H18N2O5S. The normalized spacial score (nSPS) is 11.3. The number of sulfonamides is 1. The lowest BCUT2D eigenvalue weighted by atomic mass is 10.2. The topological polar surface area (TPSA) is 86.2 Å². The van der Waals surface area contributed by atoms with Gasteiger partial charge < -0.3 is 14.2 Å². The lowest BCUT2D eigenvalue weighted by Crippen LogP contribution is -2.18. The zero-order valence-corrected chi connectivity index (χ0v) is 14.3. The van der Waals surface area contributed by atoms with E-state index in [1.807, 2.05) is 0 Å². The van der Waals surface area contributed by atoms with Crippen LogP contribution in [0.1, 0.15) is 5.56 Å². The molecule has 128 valence electrons. The minimum Gasteiger partial charge on any atom is -0.497 e. The molecule has 0 aliphatic rings. The van der Waals surface area contributed by atoms with Gasteiger partial charge in [0.15, 0.2) is 11.5 Å². The van der Waals surface area contributed by atoms with Crippen molar-refractivity contribution in [1.82, 2.24) is 4.83 Å². The van der Waals surface area contributed by atoms with E-state index in [9.17, 15) is 8.42 Å². The maximum atomic E-state index is 12.1. The second kappa shape index (κ2) is 7.69. The Balaban J connectivity index is 2.29. The number of rotatable bonds is 7. The van der Waals surface area contributed by atoms with Crippen molar-refractivity contribution < 1.29 is 22.6 Å². The molecule has 2 aromatic carbocycles. The van der Waals surface area contributed by atoms with E-state index < -0.39 is 10.0 Å². The summed E-state index contributed by atoms with van der Waals surface area (Å²) in [7, 11) is 0.760. The predicted octanol–water partition coefficient (Wildman–Crippen LogP) is 2.02. The number of ether oxygens (including phenoxy) is 3. The lowest BCUT2D eigenvalue weighted by Gasteiger charge is -2.12. The molecule has 0 aliphatic carbocycles. The van der Waals surface area contributed by atoms with Gasteiger partial charge in [-0.1, -0.05) is 18.2 Å². The van der Waals surface area contributed by atoms with Crippen molar-refractivity contribution in [3.8, 4) is 17.2 Å². The summed E-state index contributed by atoms with van der Waals surface area (Å²) in [5, 5.41) is 3.80. The third-order valence-corrected chi connectivity index (χ3v) is 4.39. The Kier molecular flexibility index (Phi) is 5.64. The highest BCUT2D eigenvalue weighted by Crippen LogP contribution is 2.34. The summed E-state index contributed by atoms with van der Waals surface area (Å²) in [5.41, 5.74) is 0.504. The van der Waals surface area contributed by atoms with Gasteiger partial charge in [0, 0.05) is 11.6 Å². The smallest absolute Gasteiger partial charge is 0.276 e. The fourth-order valence-corrected chi connectivity index (χ4v) is 2.81. The van der Waals surface area contributed by atoms with Gasteiger partial charge in [-0.05, 0) is 18.2 Å². The molecule has 0 bridgehead atoms. The van der Waals surface area contributed by atoms with E-state index in [-0.39, 0.29) is 4.90 Å². The minimum absolute atomic E-state index is 0.123. The van der Waals surface area contributed by atoms with E-state index in [1.165, 1.54) is 39.7 Å². The summed E-state index contributed by atoms with van der Waals surface area (Å²) in [5.74, 6) is 1.39. The molecule has 0 aromatic heterocycles. The maximum Gasteiger partial charge on any atom is 0.276 e. The van der Waals surface area contributed by atoms with E-state index in [2.05, 4.69) is 9.93 Å². The molecule has 0 amide bonds. The van der Waals surface area contributed by atoms with Gasteiger partial charge in [0.05, 0.1) is 32.4 Å². The van der Waals surface area contributed by atoms with Crippen LogP contribution in [0.5, 0.6) is 17.2 Å². The molecule has 0 unspecified atom stereocenters. The number of nitrogens with zero attached hydrogens (tertiary/aromatic N) is 1. The Hall–Kier alpha value is -2.74. The van der Waals surface area contributed by atoms with E-state index >= 15 is 0 Å². The molecule has 0 radical (unpaired) electrons. The standard InChI is InChI=1S/C16H18N2O5S/c1-21-13-9-12(16(23-3)15(10-13)22-2)11-17-18-24(19,20)14-7-5-4-6-8-14/h4-11,18H,1-3H3/b17-11-. The van der Waals surface area contributed by atoms with Gasteiger partial charge in [0.2, 0.25) is 0 Å². The molecule has 1 N–H and O–H groups in total. The fraction of sp³-hybridized carbons (Fsp3) is 0.188. The van der Waals surface area contributed by atoms with Gasteiger partial charge in [-0.2, -0.15) is 13.5 Å². The average Bonchev–Trinajstić information content (AvgIpc) is 2.61. The van der Waals surface area contributed by atoms with Crippen LogP contribution < -0.4 is 19.0 Å². The van der Waals surface area contributed by atoms with Gasteiger partial charge in [0.25, 0.3) is 10.0 Å². The van der Waals surface area contributed by atoms with Gasteiger partial charge in [-0.3, -0.25) is 0 Å². The Morgan fingerprint density at radius 2 is 1.71 bits per heavy atom. The molecule has 2 rings (SSSR count). The molecule has 2 aromatic rings. The highest BCUT2D eigenvalue weighted by Gasteiger charge is 2.13. The predicted molar refractivity (Wildman–Crippen MR) is 90.5 cm³/mol. The van der Waals surface area contributed by atoms with Crippen LogP contribution in [-0.4, -0.2) is 36.0 Å². The number of methoxy groups -OCH3 is 3. The van der Waals surface area contributed by atoms with Crippen LogP contribution in [-0.2, 0) is 10.0 Å².